The number of carbonyl (C=O) groups excluding carboxylic acids is 2. The van der Waals surface area contributed by atoms with E-state index in [-0.39, 0.29) is 23.4 Å². The highest BCUT2D eigenvalue weighted by molar-refractivity contribution is 6.46. The number of nitrogens with zero attached hydrogens (tertiary/aromatic N) is 3. The number of imidazole rings is 1. The van der Waals surface area contributed by atoms with Crippen molar-refractivity contribution >= 4 is 17.4 Å². The lowest BCUT2D eigenvalue weighted by Crippen LogP contribution is -2.31. The Balaban J connectivity index is 1.73. The molecule has 1 atom stereocenters. The van der Waals surface area contributed by atoms with Crippen LogP contribution in [0.1, 0.15) is 23.6 Å². The number of rotatable bonds is 9. The summed E-state index contributed by atoms with van der Waals surface area (Å²) < 4.78 is 20.9. The Morgan fingerprint density at radius 1 is 1.18 bits per heavy atom. The minimum atomic E-state index is -0.819. The van der Waals surface area contributed by atoms with Crippen LogP contribution >= 0.6 is 0 Å². The molecule has 0 spiro atoms. The number of Topliss-reactive ketones (excluding diaryl/α,β-unsaturated/α-hetero) is 1. The van der Waals surface area contributed by atoms with Crippen LogP contribution in [-0.2, 0) is 16.1 Å². The van der Waals surface area contributed by atoms with Crippen LogP contribution in [0.25, 0.3) is 5.76 Å². The van der Waals surface area contributed by atoms with E-state index in [0.29, 0.717) is 30.9 Å². The Labute approximate surface area is 196 Å². The van der Waals surface area contributed by atoms with E-state index in [4.69, 9.17) is 4.74 Å². The van der Waals surface area contributed by atoms with Crippen molar-refractivity contribution in [3.63, 3.8) is 0 Å². The summed E-state index contributed by atoms with van der Waals surface area (Å²) in [6.07, 6.45) is 7.36. The van der Waals surface area contributed by atoms with E-state index < -0.39 is 23.5 Å². The van der Waals surface area contributed by atoms with Gasteiger partial charge in [-0.05, 0) is 48.4 Å². The zero-order valence-corrected chi connectivity index (χ0v) is 18.4. The smallest absolute Gasteiger partial charge is 0.295 e. The van der Waals surface area contributed by atoms with Crippen LogP contribution < -0.4 is 4.74 Å². The SMILES string of the molecule is C=CCOc1cccc([C@H]2/C(=C(\O)c3ccc(F)cc3)C(=O)C(=O)N2CCCn2ccnc2)c1. The molecule has 2 heterocycles. The molecule has 2 aromatic carbocycles. The Morgan fingerprint density at radius 2 is 1.97 bits per heavy atom. The lowest BCUT2D eigenvalue weighted by molar-refractivity contribution is -0.139. The Morgan fingerprint density at radius 3 is 2.68 bits per heavy atom. The van der Waals surface area contributed by atoms with Crippen molar-refractivity contribution in [2.45, 2.75) is 19.0 Å². The number of carbonyl (C=O) groups is 2. The molecule has 1 aromatic heterocycles. The summed E-state index contributed by atoms with van der Waals surface area (Å²) in [5.41, 5.74) is 0.828. The number of amides is 1. The molecule has 1 aliphatic rings. The van der Waals surface area contributed by atoms with Gasteiger partial charge in [-0.15, -0.1) is 0 Å². The third-order valence-electron chi connectivity index (χ3n) is 5.57. The molecule has 1 saturated heterocycles. The average molecular weight is 461 g/mol. The standard InChI is InChI=1S/C26H24FN3O4/c1-2-15-34-21-6-3-5-19(16-21)23-22(24(31)18-7-9-20(27)10-8-18)25(32)26(33)30(23)13-4-12-29-14-11-28-17-29/h2-3,5-11,14,16-17,23,31H,1,4,12-13,15H2/b24-22+/t23-/m0/s1. The fourth-order valence-corrected chi connectivity index (χ4v) is 3.99. The molecule has 0 radical (unpaired) electrons. The van der Waals surface area contributed by atoms with E-state index in [1.807, 2.05) is 10.8 Å². The molecule has 1 N–H and O–H groups in total. The van der Waals surface area contributed by atoms with Crippen molar-refractivity contribution in [2.75, 3.05) is 13.2 Å². The van der Waals surface area contributed by atoms with Gasteiger partial charge in [-0.3, -0.25) is 9.59 Å². The highest BCUT2D eigenvalue weighted by Gasteiger charge is 2.45. The molecule has 1 amide bonds. The number of hydrogen-bond acceptors (Lipinski definition) is 5. The molecule has 0 unspecified atom stereocenters. The van der Waals surface area contributed by atoms with Gasteiger partial charge in [0.25, 0.3) is 11.7 Å². The zero-order valence-electron chi connectivity index (χ0n) is 18.4. The minimum absolute atomic E-state index is 0.0416. The van der Waals surface area contributed by atoms with Crippen molar-refractivity contribution in [2.24, 2.45) is 0 Å². The van der Waals surface area contributed by atoms with Gasteiger partial charge in [0, 0.05) is 31.0 Å². The molecule has 0 bridgehead atoms. The first-order chi connectivity index (χ1) is 16.5. The van der Waals surface area contributed by atoms with Gasteiger partial charge in [0.2, 0.25) is 0 Å². The topological polar surface area (TPSA) is 84.7 Å². The van der Waals surface area contributed by atoms with Crippen molar-refractivity contribution in [3.05, 3.63) is 102 Å². The number of aliphatic hydroxyl groups is 1. The van der Waals surface area contributed by atoms with Crippen molar-refractivity contribution in [1.29, 1.82) is 0 Å². The maximum atomic E-state index is 13.4. The molecule has 1 fully saturated rings. The first-order valence-corrected chi connectivity index (χ1v) is 10.8. The number of aliphatic hydroxyl groups excluding tert-OH is 1. The van der Waals surface area contributed by atoms with Gasteiger partial charge in [0.1, 0.15) is 23.9 Å². The number of aryl methyl sites for hydroxylation is 1. The molecule has 34 heavy (non-hydrogen) atoms. The number of aromatic nitrogens is 2. The number of ketones is 1. The number of hydrogen-bond donors (Lipinski definition) is 1. The predicted molar refractivity (Wildman–Crippen MR) is 124 cm³/mol. The molecule has 8 heteroatoms. The maximum absolute atomic E-state index is 13.4. The molecular formula is C26H24FN3O4. The second kappa shape index (κ2) is 10.2. The number of halogens is 1. The monoisotopic (exact) mass is 461 g/mol. The number of likely N-dealkylation sites (tertiary alicyclic amines) is 1. The zero-order chi connectivity index (χ0) is 24.1. The van der Waals surface area contributed by atoms with Gasteiger partial charge < -0.3 is 19.3 Å². The molecular weight excluding hydrogens is 437 g/mol. The predicted octanol–water partition coefficient (Wildman–Crippen LogP) is 4.10. The van der Waals surface area contributed by atoms with E-state index >= 15 is 0 Å². The lowest BCUT2D eigenvalue weighted by atomic mass is 9.95. The van der Waals surface area contributed by atoms with Gasteiger partial charge >= 0.3 is 0 Å². The molecule has 3 aromatic rings. The molecule has 0 saturated carbocycles. The molecule has 1 aliphatic heterocycles. The van der Waals surface area contributed by atoms with Gasteiger partial charge in [-0.2, -0.15) is 0 Å². The second-order valence-electron chi connectivity index (χ2n) is 7.83. The van der Waals surface area contributed by atoms with E-state index in [1.54, 1.807) is 42.9 Å². The lowest BCUT2D eigenvalue weighted by Gasteiger charge is -2.25. The summed E-state index contributed by atoms with van der Waals surface area (Å²) in [6, 6.07) is 11.3. The first-order valence-electron chi connectivity index (χ1n) is 10.8. The van der Waals surface area contributed by atoms with Gasteiger partial charge in [-0.1, -0.05) is 24.8 Å². The Kier molecular flexibility index (Phi) is 6.87. The molecule has 174 valence electrons. The summed E-state index contributed by atoms with van der Waals surface area (Å²) in [6.45, 7) is 4.83. The van der Waals surface area contributed by atoms with Crippen molar-refractivity contribution in [1.82, 2.24) is 14.5 Å². The van der Waals surface area contributed by atoms with Crippen LogP contribution in [0.4, 0.5) is 4.39 Å². The first kappa shape index (κ1) is 23.0. The number of ether oxygens (including phenoxy) is 1. The normalized spacial score (nSPS) is 17.2. The van der Waals surface area contributed by atoms with Crippen molar-refractivity contribution < 1.29 is 23.8 Å². The average Bonchev–Trinajstić information content (AvgIpc) is 3.45. The second-order valence-corrected chi connectivity index (χ2v) is 7.83. The van der Waals surface area contributed by atoms with E-state index in [2.05, 4.69) is 11.6 Å². The van der Waals surface area contributed by atoms with Crippen LogP contribution in [0.15, 0.2) is 85.5 Å². The minimum Gasteiger partial charge on any atom is -0.507 e. The van der Waals surface area contributed by atoms with Crippen LogP contribution in [-0.4, -0.2) is 44.4 Å². The van der Waals surface area contributed by atoms with E-state index in [1.165, 1.54) is 29.2 Å². The highest BCUT2D eigenvalue weighted by Crippen LogP contribution is 2.40. The maximum Gasteiger partial charge on any atom is 0.295 e. The van der Waals surface area contributed by atoms with Gasteiger partial charge in [0.15, 0.2) is 0 Å². The summed E-state index contributed by atoms with van der Waals surface area (Å²) in [4.78, 5) is 31.6. The Hall–Kier alpha value is -4.20. The fraction of sp³-hybridized carbons (Fsp3) is 0.192. The fourth-order valence-electron chi connectivity index (χ4n) is 3.99. The van der Waals surface area contributed by atoms with Crippen LogP contribution in [0.5, 0.6) is 5.75 Å². The van der Waals surface area contributed by atoms with E-state index in [9.17, 15) is 19.1 Å². The summed E-state index contributed by atoms with van der Waals surface area (Å²) in [5, 5.41) is 11.0. The molecule has 7 nitrogen and oxygen atoms in total. The van der Waals surface area contributed by atoms with Crippen molar-refractivity contribution in [3.8, 4) is 5.75 Å². The van der Waals surface area contributed by atoms with E-state index in [0.717, 1.165) is 0 Å². The van der Waals surface area contributed by atoms with Crippen LogP contribution in [0.2, 0.25) is 0 Å². The largest absolute Gasteiger partial charge is 0.507 e. The molecule has 4 rings (SSSR count). The summed E-state index contributed by atoms with van der Waals surface area (Å²) in [7, 11) is 0. The van der Waals surface area contributed by atoms with Crippen LogP contribution in [0, 0.1) is 5.82 Å². The summed E-state index contributed by atoms with van der Waals surface area (Å²) in [5.74, 6) is -1.76. The molecule has 0 aliphatic carbocycles. The summed E-state index contributed by atoms with van der Waals surface area (Å²) >= 11 is 0. The quantitative estimate of drug-likeness (QED) is 0.225. The third kappa shape index (κ3) is 4.76. The number of benzene rings is 2. The van der Waals surface area contributed by atoms with Gasteiger partial charge in [0.05, 0.1) is 17.9 Å². The highest BCUT2D eigenvalue weighted by atomic mass is 19.1. The van der Waals surface area contributed by atoms with Crippen LogP contribution in [0.3, 0.4) is 0 Å². The van der Waals surface area contributed by atoms with Gasteiger partial charge in [-0.25, -0.2) is 9.37 Å². The Bertz CT molecular complexity index is 1220. The third-order valence-corrected chi connectivity index (χ3v) is 5.57.